The van der Waals surface area contributed by atoms with Crippen molar-refractivity contribution in [3.8, 4) is 0 Å². The van der Waals surface area contributed by atoms with Crippen LogP contribution in [0.15, 0.2) is 17.8 Å². The highest BCUT2D eigenvalue weighted by molar-refractivity contribution is 5.25. The van der Waals surface area contributed by atoms with Gasteiger partial charge in [-0.1, -0.05) is 6.58 Å². The normalized spacial score (nSPS) is 10.4. The Bertz CT molecular complexity index is 107. The zero-order valence-corrected chi connectivity index (χ0v) is 6.05. The average molecular weight is 127 g/mol. The summed E-state index contributed by atoms with van der Waals surface area (Å²) in [6.07, 6.45) is 1.41. The highest BCUT2D eigenvalue weighted by Crippen LogP contribution is 2.06. The molecule has 0 aromatic rings. The topological polar surface area (TPSA) is 21.6 Å². The Morgan fingerprint density at radius 2 is 2.22 bits per heavy atom. The third kappa shape index (κ3) is 3.76. The lowest BCUT2D eigenvalue weighted by Crippen LogP contribution is -2.22. The number of ether oxygens (including phenoxy) is 1. The highest BCUT2D eigenvalue weighted by atomic mass is 16.5. The van der Waals surface area contributed by atoms with Crippen molar-refractivity contribution in [1.82, 2.24) is 0 Å². The van der Waals surface area contributed by atoms with Crippen LogP contribution in [0.2, 0.25) is 0 Å². The minimum atomic E-state index is -0.186. The standard InChI is InChI=1S/C7H13NO/c1-5-9-6-7(2,3)8-4/h5H,1,4,6H2,2-3H3. The molecule has 0 atom stereocenters. The van der Waals surface area contributed by atoms with Crippen molar-refractivity contribution in [1.29, 1.82) is 0 Å². The van der Waals surface area contributed by atoms with Gasteiger partial charge in [-0.3, -0.25) is 4.99 Å². The smallest absolute Gasteiger partial charge is 0.112 e. The molecular weight excluding hydrogens is 114 g/mol. The van der Waals surface area contributed by atoms with Gasteiger partial charge in [0.1, 0.15) is 6.61 Å². The van der Waals surface area contributed by atoms with Gasteiger partial charge in [-0.05, 0) is 20.6 Å². The zero-order chi connectivity index (χ0) is 7.33. The summed E-state index contributed by atoms with van der Waals surface area (Å²) in [7, 11) is 0. The first-order valence-electron chi connectivity index (χ1n) is 2.83. The van der Waals surface area contributed by atoms with Crippen molar-refractivity contribution >= 4 is 6.72 Å². The van der Waals surface area contributed by atoms with Gasteiger partial charge < -0.3 is 4.74 Å². The predicted octanol–water partition coefficient (Wildman–Crippen LogP) is 1.63. The van der Waals surface area contributed by atoms with Crippen LogP contribution in [0.1, 0.15) is 13.8 Å². The van der Waals surface area contributed by atoms with Gasteiger partial charge in [0, 0.05) is 0 Å². The summed E-state index contributed by atoms with van der Waals surface area (Å²) in [6, 6.07) is 0. The van der Waals surface area contributed by atoms with Crippen LogP contribution < -0.4 is 0 Å². The third-order valence-electron chi connectivity index (χ3n) is 0.982. The molecule has 0 aromatic carbocycles. The Labute approximate surface area is 56.2 Å². The average Bonchev–Trinajstić information content (AvgIpc) is 1.84. The molecule has 0 amide bonds. The van der Waals surface area contributed by atoms with E-state index in [-0.39, 0.29) is 5.54 Å². The van der Waals surface area contributed by atoms with E-state index in [0.717, 1.165) is 0 Å². The molecule has 0 spiro atoms. The summed E-state index contributed by atoms with van der Waals surface area (Å²) in [6.45, 7) is 11.3. The fourth-order valence-corrected chi connectivity index (χ4v) is 0.309. The Hall–Kier alpha value is -0.790. The summed E-state index contributed by atoms with van der Waals surface area (Å²) in [5.41, 5.74) is -0.186. The van der Waals surface area contributed by atoms with E-state index in [4.69, 9.17) is 4.74 Å². The quantitative estimate of drug-likeness (QED) is 0.415. The second kappa shape index (κ2) is 3.28. The molecule has 0 aromatic heterocycles. The maximum absolute atomic E-state index is 4.92. The summed E-state index contributed by atoms with van der Waals surface area (Å²) >= 11 is 0. The lowest BCUT2D eigenvalue weighted by molar-refractivity contribution is 0.193. The molecule has 0 rings (SSSR count). The largest absolute Gasteiger partial charge is 0.499 e. The van der Waals surface area contributed by atoms with Crippen molar-refractivity contribution in [3.05, 3.63) is 12.8 Å². The SMILES string of the molecule is C=COCC(C)(C)N=C. The lowest BCUT2D eigenvalue weighted by atomic mass is 10.1. The van der Waals surface area contributed by atoms with E-state index in [9.17, 15) is 0 Å². The van der Waals surface area contributed by atoms with E-state index in [0.29, 0.717) is 6.61 Å². The van der Waals surface area contributed by atoms with Crippen LogP contribution in [0, 0.1) is 0 Å². The fourth-order valence-electron chi connectivity index (χ4n) is 0.309. The summed E-state index contributed by atoms with van der Waals surface area (Å²) in [5.74, 6) is 0. The number of hydrogen-bond acceptors (Lipinski definition) is 2. The molecule has 0 radical (unpaired) electrons. The number of rotatable bonds is 4. The van der Waals surface area contributed by atoms with Crippen LogP contribution in [-0.2, 0) is 4.74 Å². The van der Waals surface area contributed by atoms with Gasteiger partial charge in [-0.25, -0.2) is 0 Å². The van der Waals surface area contributed by atoms with E-state index in [1.165, 1.54) is 6.26 Å². The van der Waals surface area contributed by atoms with Gasteiger partial charge in [0.15, 0.2) is 0 Å². The van der Waals surface area contributed by atoms with Gasteiger partial charge in [0.05, 0.1) is 11.8 Å². The van der Waals surface area contributed by atoms with Crippen LogP contribution in [0.3, 0.4) is 0 Å². The molecule has 0 N–H and O–H groups in total. The number of hydrogen-bond donors (Lipinski definition) is 0. The maximum Gasteiger partial charge on any atom is 0.112 e. The van der Waals surface area contributed by atoms with Gasteiger partial charge >= 0.3 is 0 Å². The second-order valence-electron chi connectivity index (χ2n) is 2.45. The molecule has 2 nitrogen and oxygen atoms in total. The van der Waals surface area contributed by atoms with Crippen molar-refractivity contribution in [2.75, 3.05) is 6.61 Å². The molecule has 9 heavy (non-hydrogen) atoms. The highest BCUT2D eigenvalue weighted by Gasteiger charge is 2.13. The maximum atomic E-state index is 4.92. The monoisotopic (exact) mass is 127 g/mol. The summed E-state index contributed by atoms with van der Waals surface area (Å²) in [5, 5.41) is 0. The molecule has 0 aliphatic rings. The van der Waals surface area contributed by atoms with Crippen molar-refractivity contribution in [2.45, 2.75) is 19.4 Å². The van der Waals surface area contributed by atoms with Crippen LogP contribution >= 0.6 is 0 Å². The van der Waals surface area contributed by atoms with E-state index in [1.807, 2.05) is 13.8 Å². The first-order chi connectivity index (χ1) is 4.12. The van der Waals surface area contributed by atoms with Gasteiger partial charge in [-0.2, -0.15) is 0 Å². The number of nitrogens with zero attached hydrogens (tertiary/aromatic N) is 1. The van der Waals surface area contributed by atoms with Crippen molar-refractivity contribution < 1.29 is 4.74 Å². The zero-order valence-electron chi connectivity index (χ0n) is 6.05. The molecule has 52 valence electrons. The molecule has 0 fully saturated rings. The third-order valence-corrected chi connectivity index (χ3v) is 0.982. The molecule has 0 saturated heterocycles. The van der Waals surface area contributed by atoms with Gasteiger partial charge in [-0.15, -0.1) is 0 Å². The molecule has 0 saturated carbocycles. The van der Waals surface area contributed by atoms with Crippen molar-refractivity contribution in [3.63, 3.8) is 0 Å². The number of aliphatic imine (C=N–C) groups is 1. The first-order valence-corrected chi connectivity index (χ1v) is 2.83. The molecule has 0 heterocycles. The predicted molar refractivity (Wildman–Crippen MR) is 39.8 cm³/mol. The molecule has 0 bridgehead atoms. The Morgan fingerprint density at radius 3 is 2.56 bits per heavy atom. The van der Waals surface area contributed by atoms with Gasteiger partial charge in [0.2, 0.25) is 0 Å². The van der Waals surface area contributed by atoms with Crippen LogP contribution in [0.5, 0.6) is 0 Å². The van der Waals surface area contributed by atoms with Crippen molar-refractivity contribution in [2.24, 2.45) is 4.99 Å². The molecule has 0 aliphatic carbocycles. The Kier molecular flexibility index (Phi) is 2.99. The minimum absolute atomic E-state index is 0.186. The molecule has 0 unspecified atom stereocenters. The fraction of sp³-hybridized carbons (Fsp3) is 0.571. The summed E-state index contributed by atoms with van der Waals surface area (Å²) in [4.78, 5) is 3.84. The van der Waals surface area contributed by atoms with Gasteiger partial charge in [0.25, 0.3) is 0 Å². The van der Waals surface area contributed by atoms with E-state index < -0.39 is 0 Å². The summed E-state index contributed by atoms with van der Waals surface area (Å²) < 4.78 is 4.92. The first kappa shape index (κ1) is 8.21. The molecular formula is C7H13NO. The van der Waals surface area contributed by atoms with Crippen LogP contribution in [-0.4, -0.2) is 18.9 Å². The van der Waals surface area contributed by atoms with E-state index >= 15 is 0 Å². The second-order valence-corrected chi connectivity index (χ2v) is 2.45. The Balaban J connectivity index is 3.57. The molecule has 0 aliphatic heterocycles. The van der Waals surface area contributed by atoms with Crippen LogP contribution in [0.4, 0.5) is 0 Å². The lowest BCUT2D eigenvalue weighted by Gasteiger charge is -2.16. The Morgan fingerprint density at radius 1 is 1.67 bits per heavy atom. The van der Waals surface area contributed by atoms with E-state index in [2.05, 4.69) is 18.3 Å². The minimum Gasteiger partial charge on any atom is -0.499 e. The van der Waals surface area contributed by atoms with Crippen LogP contribution in [0.25, 0.3) is 0 Å². The molecule has 2 heteroatoms. The van der Waals surface area contributed by atoms with E-state index in [1.54, 1.807) is 0 Å².